The third kappa shape index (κ3) is 2.97. The Labute approximate surface area is 105 Å². The predicted octanol–water partition coefficient (Wildman–Crippen LogP) is 2.23. The van der Waals surface area contributed by atoms with Gasteiger partial charge >= 0.3 is 0 Å². The van der Waals surface area contributed by atoms with Gasteiger partial charge in [-0.3, -0.25) is 0 Å². The van der Waals surface area contributed by atoms with Crippen molar-refractivity contribution in [3.8, 4) is 0 Å². The number of nitrogens with two attached hydrogens (primary N) is 1. The van der Waals surface area contributed by atoms with Crippen LogP contribution >= 0.6 is 22.9 Å². The van der Waals surface area contributed by atoms with E-state index in [1.54, 1.807) is 0 Å². The van der Waals surface area contributed by atoms with E-state index in [0.29, 0.717) is 11.5 Å². The molecule has 2 rings (SSSR count). The molecule has 0 spiro atoms. The molecule has 1 saturated heterocycles. The van der Waals surface area contributed by atoms with Crippen molar-refractivity contribution in [2.24, 2.45) is 11.7 Å². The first-order valence-corrected chi connectivity index (χ1v) is 8.19. The Balaban J connectivity index is 1.96. The Morgan fingerprint density at radius 2 is 2.31 bits per heavy atom. The fourth-order valence-electron chi connectivity index (χ4n) is 2.06. The van der Waals surface area contributed by atoms with Crippen molar-refractivity contribution in [3.05, 3.63) is 21.3 Å². The number of rotatable bonds is 3. The quantitative estimate of drug-likeness (QED) is 0.923. The van der Waals surface area contributed by atoms with Crippen molar-refractivity contribution < 1.29 is 8.42 Å². The maximum atomic E-state index is 11.3. The average Bonchev–Trinajstić information content (AvgIpc) is 2.73. The van der Waals surface area contributed by atoms with Crippen LogP contribution in [0.5, 0.6) is 0 Å². The Hall–Kier alpha value is -0.100. The minimum absolute atomic E-state index is 0.0872. The number of thiophene rings is 1. The molecule has 1 fully saturated rings. The molecule has 2 unspecified atom stereocenters. The number of hydrogen-bond acceptors (Lipinski definition) is 4. The molecule has 2 N–H and O–H groups in total. The van der Waals surface area contributed by atoms with E-state index in [2.05, 4.69) is 0 Å². The second-order valence-electron chi connectivity index (χ2n) is 4.25. The van der Waals surface area contributed by atoms with Gasteiger partial charge in [0.25, 0.3) is 0 Å². The van der Waals surface area contributed by atoms with Gasteiger partial charge in [0.2, 0.25) is 0 Å². The minimum atomic E-state index is -2.80. The molecule has 0 amide bonds. The molecule has 0 radical (unpaired) electrons. The lowest BCUT2D eigenvalue weighted by Gasteiger charge is -2.13. The standard InChI is InChI=1S/C10H14ClNO2S2/c11-10-2-1-9(15-10)8(12)5-7-3-4-16(13,14)6-7/h1-2,7-8H,3-6,12H2. The summed E-state index contributed by atoms with van der Waals surface area (Å²) >= 11 is 7.30. The zero-order valence-electron chi connectivity index (χ0n) is 8.73. The molecule has 3 nitrogen and oxygen atoms in total. The van der Waals surface area contributed by atoms with E-state index in [-0.39, 0.29) is 12.0 Å². The van der Waals surface area contributed by atoms with Crippen molar-refractivity contribution in [1.29, 1.82) is 0 Å². The molecule has 0 saturated carbocycles. The summed E-state index contributed by atoms with van der Waals surface area (Å²) in [5.74, 6) is 0.816. The zero-order valence-corrected chi connectivity index (χ0v) is 11.1. The summed E-state index contributed by atoms with van der Waals surface area (Å²) < 4.78 is 23.3. The maximum absolute atomic E-state index is 11.3. The summed E-state index contributed by atoms with van der Waals surface area (Å²) in [5, 5.41) is 0. The second-order valence-corrected chi connectivity index (χ2v) is 8.23. The molecule has 2 heterocycles. The fraction of sp³-hybridized carbons (Fsp3) is 0.600. The highest BCUT2D eigenvalue weighted by Crippen LogP contribution is 2.32. The van der Waals surface area contributed by atoms with Gasteiger partial charge in [-0.25, -0.2) is 8.42 Å². The molecular weight excluding hydrogens is 266 g/mol. The van der Waals surface area contributed by atoms with Crippen LogP contribution in [0, 0.1) is 5.92 Å². The van der Waals surface area contributed by atoms with Gasteiger partial charge in [-0.15, -0.1) is 11.3 Å². The van der Waals surface area contributed by atoms with Crippen LogP contribution in [0.3, 0.4) is 0 Å². The Morgan fingerprint density at radius 1 is 1.56 bits per heavy atom. The van der Waals surface area contributed by atoms with E-state index in [1.807, 2.05) is 12.1 Å². The van der Waals surface area contributed by atoms with Gasteiger partial charge in [-0.05, 0) is 30.9 Å². The molecule has 1 aromatic heterocycles. The molecule has 90 valence electrons. The van der Waals surface area contributed by atoms with Crippen LogP contribution in [0.4, 0.5) is 0 Å². The van der Waals surface area contributed by atoms with Crippen LogP contribution in [-0.2, 0) is 9.84 Å². The smallest absolute Gasteiger partial charge is 0.150 e. The fourth-order valence-corrected chi connectivity index (χ4v) is 5.02. The summed E-state index contributed by atoms with van der Waals surface area (Å²) in [7, 11) is -2.80. The largest absolute Gasteiger partial charge is 0.323 e. The minimum Gasteiger partial charge on any atom is -0.323 e. The molecule has 16 heavy (non-hydrogen) atoms. The first-order chi connectivity index (χ1) is 7.46. The normalized spacial score (nSPS) is 25.8. The lowest BCUT2D eigenvalue weighted by Crippen LogP contribution is -2.15. The highest BCUT2D eigenvalue weighted by Gasteiger charge is 2.29. The van der Waals surface area contributed by atoms with Crippen molar-refractivity contribution in [2.45, 2.75) is 18.9 Å². The Morgan fingerprint density at radius 3 is 2.81 bits per heavy atom. The van der Waals surface area contributed by atoms with E-state index in [0.717, 1.165) is 22.1 Å². The van der Waals surface area contributed by atoms with Crippen molar-refractivity contribution in [1.82, 2.24) is 0 Å². The zero-order chi connectivity index (χ0) is 11.8. The van der Waals surface area contributed by atoms with E-state index in [4.69, 9.17) is 17.3 Å². The van der Waals surface area contributed by atoms with Gasteiger partial charge in [0.15, 0.2) is 9.84 Å². The molecule has 6 heteroatoms. The van der Waals surface area contributed by atoms with Crippen LogP contribution in [-0.4, -0.2) is 19.9 Å². The second kappa shape index (κ2) is 4.64. The highest BCUT2D eigenvalue weighted by molar-refractivity contribution is 7.91. The molecule has 2 atom stereocenters. The van der Waals surface area contributed by atoms with E-state index in [1.165, 1.54) is 11.3 Å². The third-order valence-corrected chi connectivity index (χ3v) is 6.07. The molecule has 0 aromatic carbocycles. The monoisotopic (exact) mass is 279 g/mol. The maximum Gasteiger partial charge on any atom is 0.150 e. The van der Waals surface area contributed by atoms with Gasteiger partial charge in [0.1, 0.15) is 0 Å². The molecule has 1 aliphatic rings. The summed E-state index contributed by atoms with van der Waals surface area (Å²) in [6.07, 6.45) is 1.48. The van der Waals surface area contributed by atoms with Crippen molar-refractivity contribution >= 4 is 32.8 Å². The SMILES string of the molecule is NC(CC1CCS(=O)(=O)C1)c1ccc(Cl)s1. The van der Waals surface area contributed by atoms with Crippen LogP contribution in [0.2, 0.25) is 4.34 Å². The lowest BCUT2D eigenvalue weighted by molar-refractivity contribution is 0.485. The molecular formula is C10H14ClNO2S2. The Kier molecular flexibility index (Phi) is 3.59. The van der Waals surface area contributed by atoms with Gasteiger partial charge in [-0.1, -0.05) is 11.6 Å². The van der Waals surface area contributed by atoms with E-state index < -0.39 is 9.84 Å². The molecule has 1 aromatic rings. The molecule has 0 bridgehead atoms. The Bertz CT molecular complexity index is 469. The van der Waals surface area contributed by atoms with Gasteiger partial charge in [0, 0.05) is 10.9 Å². The van der Waals surface area contributed by atoms with Gasteiger partial charge in [-0.2, -0.15) is 0 Å². The van der Waals surface area contributed by atoms with Crippen LogP contribution < -0.4 is 5.73 Å². The first kappa shape index (κ1) is 12.4. The van der Waals surface area contributed by atoms with Crippen LogP contribution in [0.25, 0.3) is 0 Å². The topological polar surface area (TPSA) is 60.2 Å². The van der Waals surface area contributed by atoms with E-state index >= 15 is 0 Å². The summed E-state index contributed by atoms with van der Waals surface area (Å²) in [4.78, 5) is 1.04. The third-order valence-electron chi connectivity index (χ3n) is 2.87. The number of sulfone groups is 1. The highest BCUT2D eigenvalue weighted by atomic mass is 35.5. The average molecular weight is 280 g/mol. The lowest BCUT2D eigenvalue weighted by atomic mass is 9.99. The molecule has 0 aliphatic carbocycles. The summed E-state index contributed by atoms with van der Waals surface area (Å²) in [5.41, 5.74) is 6.03. The van der Waals surface area contributed by atoms with Crippen LogP contribution in [0.15, 0.2) is 12.1 Å². The predicted molar refractivity (Wildman–Crippen MR) is 67.6 cm³/mol. The van der Waals surface area contributed by atoms with Crippen LogP contribution in [0.1, 0.15) is 23.8 Å². The van der Waals surface area contributed by atoms with Gasteiger partial charge in [0.05, 0.1) is 15.8 Å². The summed E-state index contributed by atoms with van der Waals surface area (Å²) in [6, 6.07) is 3.66. The first-order valence-electron chi connectivity index (χ1n) is 5.17. The molecule has 1 aliphatic heterocycles. The van der Waals surface area contributed by atoms with Crippen molar-refractivity contribution in [3.63, 3.8) is 0 Å². The van der Waals surface area contributed by atoms with Crippen molar-refractivity contribution in [2.75, 3.05) is 11.5 Å². The van der Waals surface area contributed by atoms with E-state index in [9.17, 15) is 8.42 Å². The summed E-state index contributed by atoms with van der Waals surface area (Å²) in [6.45, 7) is 0. The number of halogens is 1. The number of hydrogen-bond donors (Lipinski definition) is 1. The van der Waals surface area contributed by atoms with Gasteiger partial charge < -0.3 is 5.73 Å².